The zero-order chi connectivity index (χ0) is 12.7. The summed E-state index contributed by atoms with van der Waals surface area (Å²) in [6.07, 6.45) is 1.37. The summed E-state index contributed by atoms with van der Waals surface area (Å²) < 4.78 is 1.07. The van der Waals surface area contributed by atoms with Crippen LogP contribution in [0, 0.1) is 0 Å². The molecule has 102 valence electrons. The van der Waals surface area contributed by atoms with Gasteiger partial charge in [-0.1, -0.05) is 28.1 Å². The van der Waals surface area contributed by atoms with Crippen LogP contribution in [0.25, 0.3) is 0 Å². The highest BCUT2D eigenvalue weighted by Gasteiger charge is 2.07. The van der Waals surface area contributed by atoms with Crippen molar-refractivity contribution in [1.29, 1.82) is 0 Å². The molecule has 0 bridgehead atoms. The number of halogens is 2. The lowest BCUT2D eigenvalue weighted by Crippen LogP contribution is -2.32. The van der Waals surface area contributed by atoms with Gasteiger partial charge in [-0.2, -0.15) is 0 Å². The Bertz CT molecular complexity index is 357. The van der Waals surface area contributed by atoms with Crippen LogP contribution in [0.1, 0.15) is 12.0 Å². The number of amides is 1. The lowest BCUT2D eigenvalue weighted by molar-refractivity contribution is -0.129. The maximum absolute atomic E-state index is 11.8. The van der Waals surface area contributed by atoms with Crippen molar-refractivity contribution in [1.82, 2.24) is 10.2 Å². The third kappa shape index (κ3) is 6.38. The molecule has 0 radical (unpaired) electrons. The highest BCUT2D eigenvalue weighted by atomic mass is 79.9. The number of carbonyl (C=O) groups excluding carboxylic acids is 1. The first-order chi connectivity index (χ1) is 8.13. The second-order valence-electron chi connectivity index (χ2n) is 4.05. The number of rotatable bonds is 6. The molecule has 5 heteroatoms. The van der Waals surface area contributed by atoms with E-state index in [9.17, 15) is 4.79 Å². The van der Waals surface area contributed by atoms with Crippen LogP contribution in [-0.2, 0) is 11.2 Å². The minimum Gasteiger partial charge on any atom is -0.344 e. The van der Waals surface area contributed by atoms with Crippen LogP contribution in [0.3, 0.4) is 0 Å². The van der Waals surface area contributed by atoms with E-state index in [-0.39, 0.29) is 18.3 Å². The smallest absolute Gasteiger partial charge is 0.222 e. The number of nitrogens with one attached hydrogen (secondary N) is 1. The Morgan fingerprint density at radius 1 is 1.33 bits per heavy atom. The molecule has 0 atom stereocenters. The fourth-order valence-corrected chi connectivity index (χ4v) is 1.76. The van der Waals surface area contributed by atoms with Gasteiger partial charge in [0, 0.05) is 31.0 Å². The van der Waals surface area contributed by atoms with Crippen molar-refractivity contribution < 1.29 is 4.79 Å². The van der Waals surface area contributed by atoms with Gasteiger partial charge in [0.25, 0.3) is 0 Å². The van der Waals surface area contributed by atoms with E-state index in [1.165, 1.54) is 5.56 Å². The molecule has 0 fully saturated rings. The van der Waals surface area contributed by atoms with Crippen molar-refractivity contribution in [3.05, 3.63) is 34.3 Å². The molecule has 0 aliphatic heterocycles. The van der Waals surface area contributed by atoms with Gasteiger partial charge in [-0.05, 0) is 31.2 Å². The van der Waals surface area contributed by atoms with Gasteiger partial charge in [-0.15, -0.1) is 12.4 Å². The molecule has 3 nitrogen and oxygen atoms in total. The van der Waals surface area contributed by atoms with Crippen molar-refractivity contribution in [3.8, 4) is 0 Å². The number of aryl methyl sites for hydroxylation is 1. The van der Waals surface area contributed by atoms with Crippen molar-refractivity contribution >= 4 is 34.2 Å². The Hall–Kier alpha value is -0.580. The summed E-state index contributed by atoms with van der Waals surface area (Å²) in [5.74, 6) is 0.197. The Morgan fingerprint density at radius 2 is 1.94 bits per heavy atom. The molecular formula is C13H20BrClN2O. The van der Waals surface area contributed by atoms with E-state index in [1.54, 1.807) is 4.90 Å². The quantitative estimate of drug-likeness (QED) is 0.866. The third-order valence-electron chi connectivity index (χ3n) is 2.66. The Kier molecular flexibility index (Phi) is 9.06. The number of hydrogen-bond acceptors (Lipinski definition) is 2. The number of carbonyl (C=O) groups is 1. The monoisotopic (exact) mass is 334 g/mol. The second-order valence-corrected chi connectivity index (χ2v) is 4.96. The minimum absolute atomic E-state index is 0. The topological polar surface area (TPSA) is 32.3 Å². The Labute approximate surface area is 123 Å². The largest absolute Gasteiger partial charge is 0.344 e. The average molecular weight is 336 g/mol. The molecule has 1 N–H and O–H groups in total. The number of hydrogen-bond donors (Lipinski definition) is 1. The zero-order valence-electron chi connectivity index (χ0n) is 10.8. The van der Waals surface area contributed by atoms with Crippen LogP contribution in [0.4, 0.5) is 0 Å². The molecule has 1 amide bonds. The first kappa shape index (κ1) is 17.4. The first-order valence-electron chi connectivity index (χ1n) is 5.76. The zero-order valence-corrected chi connectivity index (χ0v) is 13.2. The first-order valence-corrected chi connectivity index (χ1v) is 6.56. The van der Waals surface area contributed by atoms with E-state index in [1.807, 2.05) is 38.4 Å². The van der Waals surface area contributed by atoms with Crippen LogP contribution < -0.4 is 5.32 Å². The summed E-state index contributed by atoms with van der Waals surface area (Å²) in [4.78, 5) is 13.6. The molecule has 0 saturated heterocycles. The lowest BCUT2D eigenvalue weighted by Gasteiger charge is -2.16. The number of benzene rings is 1. The molecule has 0 aromatic heterocycles. The van der Waals surface area contributed by atoms with Gasteiger partial charge in [-0.25, -0.2) is 0 Å². The van der Waals surface area contributed by atoms with Gasteiger partial charge in [0.15, 0.2) is 0 Å². The Morgan fingerprint density at radius 3 is 2.50 bits per heavy atom. The number of likely N-dealkylation sites (N-methyl/N-ethyl adjacent to an activating group) is 2. The van der Waals surface area contributed by atoms with E-state index in [0.29, 0.717) is 6.42 Å². The van der Waals surface area contributed by atoms with Crippen LogP contribution in [0.2, 0.25) is 0 Å². The van der Waals surface area contributed by atoms with Crippen LogP contribution in [-0.4, -0.2) is 38.0 Å². The average Bonchev–Trinajstić information content (AvgIpc) is 2.34. The van der Waals surface area contributed by atoms with Crippen LogP contribution in [0.15, 0.2) is 28.7 Å². The molecule has 0 aliphatic rings. The minimum atomic E-state index is 0. The predicted molar refractivity (Wildman–Crippen MR) is 81.3 cm³/mol. The molecule has 0 saturated carbocycles. The molecule has 1 rings (SSSR count). The molecule has 1 aromatic rings. The summed E-state index contributed by atoms with van der Waals surface area (Å²) in [6.45, 7) is 1.59. The van der Waals surface area contributed by atoms with Gasteiger partial charge < -0.3 is 10.2 Å². The summed E-state index contributed by atoms with van der Waals surface area (Å²) in [5.41, 5.74) is 1.20. The highest BCUT2D eigenvalue weighted by molar-refractivity contribution is 9.10. The van der Waals surface area contributed by atoms with Crippen molar-refractivity contribution in [2.24, 2.45) is 0 Å². The fraction of sp³-hybridized carbons (Fsp3) is 0.462. The molecule has 18 heavy (non-hydrogen) atoms. The standard InChI is InChI=1S/C13H19BrN2O.ClH/c1-15-9-10-16(2)13(17)8-5-11-3-6-12(14)7-4-11;/h3-4,6-7,15H,5,8-10H2,1-2H3;1H. The summed E-state index contributed by atoms with van der Waals surface area (Å²) >= 11 is 3.40. The van der Waals surface area contributed by atoms with E-state index in [0.717, 1.165) is 24.0 Å². The van der Waals surface area contributed by atoms with Crippen molar-refractivity contribution in [3.63, 3.8) is 0 Å². The van der Waals surface area contributed by atoms with Crippen LogP contribution >= 0.6 is 28.3 Å². The van der Waals surface area contributed by atoms with Gasteiger partial charge in [0.05, 0.1) is 0 Å². The van der Waals surface area contributed by atoms with E-state index in [2.05, 4.69) is 21.2 Å². The maximum atomic E-state index is 11.8. The number of nitrogens with zero attached hydrogens (tertiary/aromatic N) is 1. The molecular weight excluding hydrogens is 316 g/mol. The maximum Gasteiger partial charge on any atom is 0.222 e. The normalized spacial score (nSPS) is 9.72. The summed E-state index contributed by atoms with van der Waals surface area (Å²) in [6, 6.07) is 8.10. The van der Waals surface area contributed by atoms with E-state index in [4.69, 9.17) is 0 Å². The molecule has 0 spiro atoms. The van der Waals surface area contributed by atoms with Gasteiger partial charge in [0.1, 0.15) is 0 Å². The lowest BCUT2D eigenvalue weighted by atomic mass is 10.1. The fourth-order valence-electron chi connectivity index (χ4n) is 1.50. The molecule has 0 unspecified atom stereocenters. The van der Waals surface area contributed by atoms with Crippen LogP contribution in [0.5, 0.6) is 0 Å². The molecule has 1 aromatic carbocycles. The SMILES string of the molecule is CNCCN(C)C(=O)CCc1ccc(Br)cc1.Cl. The second kappa shape index (κ2) is 9.36. The van der Waals surface area contributed by atoms with E-state index >= 15 is 0 Å². The van der Waals surface area contributed by atoms with Crippen molar-refractivity contribution in [2.45, 2.75) is 12.8 Å². The Balaban J connectivity index is 0.00000289. The molecule has 0 heterocycles. The predicted octanol–water partition coefficient (Wildman–Crippen LogP) is 2.48. The third-order valence-corrected chi connectivity index (χ3v) is 3.19. The summed E-state index contributed by atoms with van der Waals surface area (Å²) in [5, 5.41) is 3.03. The summed E-state index contributed by atoms with van der Waals surface area (Å²) in [7, 11) is 3.74. The van der Waals surface area contributed by atoms with Crippen molar-refractivity contribution in [2.75, 3.05) is 27.2 Å². The molecule has 0 aliphatic carbocycles. The van der Waals surface area contributed by atoms with Gasteiger partial charge in [0.2, 0.25) is 5.91 Å². The highest BCUT2D eigenvalue weighted by Crippen LogP contribution is 2.12. The van der Waals surface area contributed by atoms with Gasteiger partial charge >= 0.3 is 0 Å². The van der Waals surface area contributed by atoms with E-state index < -0.39 is 0 Å². The van der Waals surface area contributed by atoms with Gasteiger partial charge in [-0.3, -0.25) is 4.79 Å².